The lowest BCUT2D eigenvalue weighted by Gasteiger charge is -2.38. The van der Waals surface area contributed by atoms with Crippen molar-refractivity contribution in [1.82, 2.24) is 45.6 Å². The second-order valence-electron chi connectivity index (χ2n) is 24.7. The van der Waals surface area contributed by atoms with Gasteiger partial charge in [0.2, 0.25) is 0 Å². The van der Waals surface area contributed by atoms with Gasteiger partial charge >= 0.3 is 23.9 Å². The number of nitrogens with one attached hydrogen (secondary N) is 3. The highest BCUT2D eigenvalue weighted by atomic mass is 79.9. The number of esters is 3. The average Bonchev–Trinajstić information content (AvgIpc) is 1.06. The topological polar surface area (TPSA) is 287 Å². The van der Waals surface area contributed by atoms with Gasteiger partial charge in [-0.3, -0.25) is 29.7 Å². The number of halogens is 12. The molecule has 3 unspecified atom stereocenters. The van der Waals surface area contributed by atoms with E-state index < -0.39 is 141 Å². The normalized spacial score (nSPS) is 22.4. The van der Waals surface area contributed by atoms with Crippen LogP contribution in [0.5, 0.6) is 0 Å². The van der Waals surface area contributed by atoms with Crippen LogP contribution in [-0.2, 0) is 38.1 Å². The van der Waals surface area contributed by atoms with E-state index in [1.807, 2.05) is 0 Å². The standard InChI is InChI=1S/C24H24ClF3N4O5S.C22H22BrF3N4O3S.C22H22ClF3N4O3S/c1-2-36-23(35)19-17(10-32-9-14(37-11-18(33)34)8-24(27,28)12-32)30-21(22-29-5-6-38-22)31-20(19)15-4-3-13(26)7-16(15)25;2*1-2-33-21(32)17-16(10-30-9-13(31)8-22(25,26)11-30)28-19(20-27-5-6-34-20)29-18(17)14-4-3-12(24)7-15(14)23/h3-7,14,20H,2,8-12H2,1H3,(H,30,31)(H,33,34);2*3-7,13,18,31H,2,8-11H2,1H3,(H,28,29)/t14?,20-;2*13?,18-/m000/s1. The highest BCUT2D eigenvalue weighted by molar-refractivity contribution is 9.10. The third kappa shape index (κ3) is 20.9. The van der Waals surface area contributed by atoms with Gasteiger partial charge in [0.15, 0.2) is 32.5 Å². The molecule has 0 spiro atoms. The zero-order valence-electron chi connectivity index (χ0n) is 56.3. The number of carboxylic acids is 1. The molecule has 3 saturated heterocycles. The number of amidine groups is 3. The largest absolute Gasteiger partial charge is 0.480 e. The van der Waals surface area contributed by atoms with Crippen LogP contribution in [0.25, 0.3) is 0 Å². The number of alkyl halides is 6. The van der Waals surface area contributed by atoms with Crippen LogP contribution in [0.4, 0.5) is 39.5 Å². The molecule has 568 valence electrons. The number of hydrogen-bond donors (Lipinski definition) is 6. The fourth-order valence-electron chi connectivity index (χ4n) is 12.5. The van der Waals surface area contributed by atoms with E-state index >= 15 is 0 Å². The summed E-state index contributed by atoms with van der Waals surface area (Å²) < 4.78 is 149. The van der Waals surface area contributed by atoms with Crippen LogP contribution in [0.15, 0.2) is 143 Å². The van der Waals surface area contributed by atoms with E-state index in [2.05, 4.69) is 61.8 Å². The number of thiazole rings is 3. The average molecular weight is 1650 g/mol. The van der Waals surface area contributed by atoms with Crippen molar-refractivity contribution in [2.45, 2.75) is 94.2 Å². The van der Waals surface area contributed by atoms with Crippen molar-refractivity contribution < 1.29 is 93.0 Å². The Balaban J connectivity index is 0.000000170. The highest BCUT2D eigenvalue weighted by Gasteiger charge is 2.46. The molecule has 106 heavy (non-hydrogen) atoms. The quantitative estimate of drug-likeness (QED) is 0.0222. The molecule has 0 amide bonds. The van der Waals surface area contributed by atoms with Crippen LogP contribution in [0.1, 0.15) is 89.9 Å². The number of aliphatic carboxylic acids is 1. The van der Waals surface area contributed by atoms with E-state index in [4.69, 9.17) is 47.3 Å². The Labute approximate surface area is 630 Å². The summed E-state index contributed by atoms with van der Waals surface area (Å²) >= 11 is 19.9. The zero-order chi connectivity index (χ0) is 76.4. The number of β-amino-alcohol motifs (C(OH)–C–C–N with tert-alkyl or cyclic N) is 2. The second kappa shape index (κ2) is 35.5. The Hall–Kier alpha value is -7.75. The molecule has 3 aromatic heterocycles. The predicted octanol–water partition coefficient (Wildman–Crippen LogP) is 10.9. The van der Waals surface area contributed by atoms with Crippen LogP contribution in [-0.4, -0.2) is 208 Å². The number of nitrogens with zero attached hydrogens (tertiary/aromatic N) is 9. The molecule has 6 N–H and O–H groups in total. The lowest BCUT2D eigenvalue weighted by Crippen LogP contribution is -2.52. The van der Waals surface area contributed by atoms with Gasteiger partial charge in [-0.2, -0.15) is 0 Å². The van der Waals surface area contributed by atoms with Gasteiger partial charge in [-0.15, -0.1) is 34.0 Å². The lowest BCUT2D eigenvalue weighted by atomic mass is 9.94. The first kappa shape index (κ1) is 80.8. The van der Waals surface area contributed by atoms with Crippen molar-refractivity contribution in [3.05, 3.63) is 187 Å². The van der Waals surface area contributed by atoms with Gasteiger partial charge in [0.1, 0.15) is 42.2 Å². The number of aliphatic hydroxyl groups excluding tert-OH is 2. The maximum absolute atomic E-state index is 14.6. The first-order valence-corrected chi connectivity index (χ1v) is 36.9. The molecule has 6 aromatic rings. The summed E-state index contributed by atoms with van der Waals surface area (Å²) in [4.78, 5) is 81.1. The van der Waals surface area contributed by atoms with Gasteiger partial charge in [0.25, 0.3) is 17.8 Å². The number of rotatable bonds is 21. The predicted molar refractivity (Wildman–Crippen MR) is 379 cm³/mol. The van der Waals surface area contributed by atoms with Crippen molar-refractivity contribution in [3.8, 4) is 0 Å². The van der Waals surface area contributed by atoms with Gasteiger partial charge in [-0.05, 0) is 62.7 Å². The van der Waals surface area contributed by atoms with E-state index in [0.29, 0.717) is 53.6 Å². The molecule has 3 fully saturated rings. The van der Waals surface area contributed by atoms with Crippen molar-refractivity contribution in [3.63, 3.8) is 0 Å². The fraction of sp³-hybridized carbons (Fsp3) is 0.412. The number of carbonyl (C=O) groups is 4. The molecule has 12 rings (SSSR count). The van der Waals surface area contributed by atoms with E-state index in [1.54, 1.807) is 55.5 Å². The maximum atomic E-state index is 14.6. The molecule has 9 heterocycles. The summed E-state index contributed by atoms with van der Waals surface area (Å²) in [6, 6.07) is 8.50. The zero-order valence-corrected chi connectivity index (χ0v) is 61.9. The van der Waals surface area contributed by atoms with Crippen LogP contribution < -0.4 is 16.0 Å². The van der Waals surface area contributed by atoms with Crippen molar-refractivity contribution in [2.75, 3.05) is 85.3 Å². The Morgan fingerprint density at radius 1 is 0.538 bits per heavy atom. The fourth-order valence-corrected chi connectivity index (χ4v) is 15.4. The lowest BCUT2D eigenvalue weighted by molar-refractivity contribution is -0.154. The molecule has 3 aromatic carbocycles. The molecule has 0 saturated carbocycles. The van der Waals surface area contributed by atoms with Gasteiger partial charge in [0, 0.05) is 136 Å². The minimum absolute atomic E-state index is 0.00255. The number of hydrogen-bond acceptors (Lipinski definition) is 25. The molecule has 6 atom stereocenters. The number of benzene rings is 3. The molecule has 6 aliphatic heterocycles. The monoisotopic (exact) mass is 1640 g/mol. The third-order valence-electron chi connectivity index (χ3n) is 16.5. The van der Waals surface area contributed by atoms with Crippen LogP contribution in [0.2, 0.25) is 10.0 Å². The summed E-state index contributed by atoms with van der Waals surface area (Å²) in [7, 11) is 0. The number of piperidine rings is 3. The highest BCUT2D eigenvalue weighted by Crippen LogP contribution is 2.42. The van der Waals surface area contributed by atoms with E-state index in [9.17, 15) is 68.9 Å². The van der Waals surface area contributed by atoms with Gasteiger partial charge in [-0.25, -0.2) is 73.6 Å². The Morgan fingerprint density at radius 2 is 0.877 bits per heavy atom. The third-order valence-corrected chi connectivity index (χ3v) is 20.2. The number of carbonyl (C=O) groups excluding carboxylic acids is 3. The second-order valence-corrected chi connectivity index (χ2v) is 29.0. The van der Waals surface area contributed by atoms with Crippen LogP contribution >= 0.6 is 73.1 Å². The SMILES string of the molecule is CCOC(=O)C1=C(CN2CC(O)CC(F)(F)C2)NC(c2nccs2)=N[C@H]1c1ccc(F)cc1Br.CCOC(=O)C1=C(CN2CC(O)CC(F)(F)C2)NC(c2nccs2)=N[C@H]1c1ccc(F)cc1Cl.CCOC(=O)C1=C(CN2CC(OCC(=O)O)CC(F)(F)C2)NC(c2nccs2)=N[C@H]1c1ccc(F)cc1Cl. The molecule has 6 aliphatic rings. The summed E-state index contributed by atoms with van der Waals surface area (Å²) in [5.74, 6) is -13.4. The first-order valence-electron chi connectivity index (χ1n) is 32.7. The Bertz CT molecular complexity index is 4200. The Kier molecular flexibility index (Phi) is 27.1. The summed E-state index contributed by atoms with van der Waals surface area (Å²) in [6.45, 7) is 2.26. The molecule has 0 aliphatic carbocycles. The smallest absolute Gasteiger partial charge is 0.338 e. The first-order chi connectivity index (χ1) is 50.4. The van der Waals surface area contributed by atoms with E-state index in [1.165, 1.54) is 91.2 Å². The summed E-state index contributed by atoms with van der Waals surface area (Å²) in [5.41, 5.74) is 2.19. The minimum atomic E-state index is -3.16. The van der Waals surface area contributed by atoms with E-state index in [0.717, 1.165) is 12.1 Å². The maximum Gasteiger partial charge on any atom is 0.338 e. The summed E-state index contributed by atoms with van der Waals surface area (Å²) in [6.07, 6.45) is -0.592. The molecule has 0 radical (unpaired) electrons. The van der Waals surface area contributed by atoms with Gasteiger partial charge in [0.05, 0.1) is 74.5 Å². The molecule has 38 heteroatoms. The number of carboxylic acid groups (broad SMARTS) is 1. The number of aliphatic imine (C=N–C) groups is 3. The van der Waals surface area contributed by atoms with Crippen molar-refractivity contribution in [1.29, 1.82) is 0 Å². The molecule has 0 bridgehead atoms. The number of ether oxygens (including phenoxy) is 4. The number of aliphatic hydroxyl groups is 2. The molecular formula is C68H68BrCl2F9N12O11S3. The Morgan fingerprint density at radius 3 is 1.20 bits per heavy atom. The van der Waals surface area contributed by atoms with Crippen molar-refractivity contribution >= 4 is 115 Å². The van der Waals surface area contributed by atoms with Gasteiger partial charge in [-0.1, -0.05) is 57.3 Å². The summed E-state index contributed by atoms with van der Waals surface area (Å²) in [5, 5.41) is 44.8. The number of aromatic nitrogens is 3. The number of likely N-dealkylation sites (tertiary alicyclic amines) is 3. The molecule has 23 nitrogen and oxygen atoms in total. The van der Waals surface area contributed by atoms with Crippen LogP contribution in [0, 0.1) is 17.5 Å². The minimum Gasteiger partial charge on any atom is -0.480 e. The van der Waals surface area contributed by atoms with Crippen LogP contribution in [0.3, 0.4) is 0 Å². The molecular weight excluding hydrogens is 1580 g/mol. The van der Waals surface area contributed by atoms with E-state index in [-0.39, 0.29) is 103 Å². The van der Waals surface area contributed by atoms with Crippen molar-refractivity contribution in [2.24, 2.45) is 15.0 Å². The van der Waals surface area contributed by atoms with Gasteiger partial charge < -0.3 is 50.2 Å².